The lowest BCUT2D eigenvalue weighted by Crippen LogP contribution is -2.29. The fraction of sp³-hybridized carbons (Fsp3) is 0.0417. The summed E-state index contributed by atoms with van der Waals surface area (Å²) in [6.45, 7) is 0.0983. The summed E-state index contributed by atoms with van der Waals surface area (Å²) in [5, 5.41) is 4.42. The van der Waals surface area contributed by atoms with Crippen LogP contribution in [0.15, 0.2) is 79.0 Å². The maximum atomic E-state index is 12.7. The molecule has 0 bridgehead atoms. The second kappa shape index (κ2) is 7.41. The quantitative estimate of drug-likeness (QED) is 0.476. The van der Waals surface area contributed by atoms with E-state index in [1.54, 1.807) is 54.6 Å². The molecular weight excluding hydrogens is 414 g/mol. The molecule has 0 aliphatic carbocycles. The van der Waals surface area contributed by atoms with Crippen molar-refractivity contribution in [2.75, 3.05) is 10.2 Å². The highest BCUT2D eigenvalue weighted by Gasteiger charge is 2.36. The number of nitrogens with one attached hydrogen (secondary N) is 1. The largest absolute Gasteiger partial charge is 0.338 e. The van der Waals surface area contributed by atoms with Gasteiger partial charge in [-0.1, -0.05) is 35.9 Å². The first-order valence-electron chi connectivity index (χ1n) is 9.63. The van der Waals surface area contributed by atoms with Crippen LogP contribution in [0.25, 0.3) is 10.9 Å². The molecule has 0 spiro atoms. The van der Waals surface area contributed by atoms with Crippen LogP contribution in [-0.4, -0.2) is 22.3 Å². The van der Waals surface area contributed by atoms with Crippen molar-refractivity contribution in [1.29, 1.82) is 0 Å². The number of rotatable bonds is 4. The Bertz CT molecular complexity index is 1340. The predicted octanol–water partition coefficient (Wildman–Crippen LogP) is 4.73. The SMILES string of the molecule is O=C(Cn1ccc2ccc(Cl)cc21)Nc1cccc(N2C(=O)c3ccccc3C2=O)c1. The van der Waals surface area contributed by atoms with Crippen molar-refractivity contribution in [3.63, 3.8) is 0 Å². The molecule has 0 saturated heterocycles. The van der Waals surface area contributed by atoms with Crippen LogP contribution < -0.4 is 10.2 Å². The van der Waals surface area contributed by atoms with Gasteiger partial charge in [0.1, 0.15) is 6.54 Å². The smallest absolute Gasteiger partial charge is 0.266 e. The molecule has 6 nitrogen and oxygen atoms in total. The normalized spacial score (nSPS) is 13.0. The molecule has 3 amide bonds. The number of fused-ring (bicyclic) bond motifs is 2. The number of nitrogens with zero attached hydrogens (tertiary/aromatic N) is 2. The second-order valence-corrected chi connectivity index (χ2v) is 7.67. The molecule has 5 rings (SSSR count). The van der Waals surface area contributed by atoms with Crippen LogP contribution in [0.4, 0.5) is 11.4 Å². The second-order valence-electron chi connectivity index (χ2n) is 7.24. The minimum atomic E-state index is -0.375. The molecule has 0 atom stereocenters. The summed E-state index contributed by atoms with van der Waals surface area (Å²) in [5.74, 6) is -0.989. The molecule has 7 heteroatoms. The summed E-state index contributed by atoms with van der Waals surface area (Å²) < 4.78 is 1.81. The number of carbonyl (C=O) groups excluding carboxylic acids is 3. The molecule has 1 aromatic heterocycles. The zero-order valence-electron chi connectivity index (χ0n) is 16.2. The molecule has 31 heavy (non-hydrogen) atoms. The van der Waals surface area contributed by atoms with E-state index >= 15 is 0 Å². The highest BCUT2D eigenvalue weighted by atomic mass is 35.5. The van der Waals surface area contributed by atoms with Crippen LogP contribution in [0.1, 0.15) is 20.7 Å². The Kier molecular flexibility index (Phi) is 4.56. The summed E-state index contributed by atoms with van der Waals surface area (Å²) in [6.07, 6.45) is 1.83. The van der Waals surface area contributed by atoms with Crippen molar-refractivity contribution >= 4 is 51.6 Å². The van der Waals surface area contributed by atoms with Gasteiger partial charge in [-0.25, -0.2) is 4.90 Å². The van der Waals surface area contributed by atoms with E-state index in [9.17, 15) is 14.4 Å². The minimum Gasteiger partial charge on any atom is -0.338 e. The third-order valence-electron chi connectivity index (χ3n) is 5.23. The molecule has 1 N–H and O–H groups in total. The van der Waals surface area contributed by atoms with Crippen molar-refractivity contribution in [2.45, 2.75) is 6.54 Å². The van der Waals surface area contributed by atoms with Crippen LogP contribution in [0.2, 0.25) is 5.02 Å². The molecule has 152 valence electrons. The summed E-state index contributed by atoms with van der Waals surface area (Å²) in [5.41, 5.74) is 2.51. The van der Waals surface area contributed by atoms with E-state index in [1.165, 1.54) is 0 Å². The zero-order valence-corrected chi connectivity index (χ0v) is 17.0. The van der Waals surface area contributed by atoms with Gasteiger partial charge >= 0.3 is 0 Å². The number of anilines is 2. The highest BCUT2D eigenvalue weighted by Crippen LogP contribution is 2.29. The standard InChI is InChI=1S/C24H16ClN3O3/c25-16-9-8-15-10-11-27(21(15)12-16)14-22(29)26-17-4-3-5-18(13-17)28-23(30)19-6-1-2-7-20(19)24(28)31/h1-13H,14H2,(H,26,29). The summed E-state index contributed by atoms with van der Waals surface area (Å²) >= 11 is 6.08. The zero-order chi connectivity index (χ0) is 21.5. The molecule has 0 radical (unpaired) electrons. The molecule has 0 saturated carbocycles. The third kappa shape index (κ3) is 3.37. The Morgan fingerprint density at radius 3 is 2.35 bits per heavy atom. The number of carbonyl (C=O) groups is 3. The lowest BCUT2D eigenvalue weighted by Gasteiger charge is -2.15. The molecule has 0 unspecified atom stereocenters. The van der Waals surface area contributed by atoms with Gasteiger partial charge in [0.05, 0.1) is 16.8 Å². The van der Waals surface area contributed by atoms with Gasteiger partial charge in [0.2, 0.25) is 5.91 Å². The van der Waals surface area contributed by atoms with Gasteiger partial charge < -0.3 is 9.88 Å². The Morgan fingerprint density at radius 2 is 1.61 bits per heavy atom. The van der Waals surface area contributed by atoms with Crippen LogP contribution in [0, 0.1) is 0 Å². The average molecular weight is 430 g/mol. The maximum absolute atomic E-state index is 12.7. The summed E-state index contributed by atoms with van der Waals surface area (Å²) in [7, 11) is 0. The lowest BCUT2D eigenvalue weighted by atomic mass is 10.1. The van der Waals surface area contributed by atoms with Crippen molar-refractivity contribution in [1.82, 2.24) is 4.57 Å². The monoisotopic (exact) mass is 429 g/mol. The van der Waals surface area contributed by atoms with Gasteiger partial charge in [0.25, 0.3) is 11.8 Å². The number of amides is 3. The lowest BCUT2D eigenvalue weighted by molar-refractivity contribution is -0.116. The summed E-state index contributed by atoms with van der Waals surface area (Å²) in [4.78, 5) is 39.2. The van der Waals surface area contributed by atoms with Gasteiger partial charge in [-0.15, -0.1) is 0 Å². The first-order chi connectivity index (χ1) is 15.0. The molecule has 1 aliphatic heterocycles. The highest BCUT2D eigenvalue weighted by molar-refractivity contribution is 6.34. The average Bonchev–Trinajstić information content (AvgIpc) is 3.26. The van der Waals surface area contributed by atoms with E-state index in [4.69, 9.17) is 11.6 Å². The number of benzene rings is 3. The Balaban J connectivity index is 1.36. The molecule has 2 heterocycles. The first-order valence-corrected chi connectivity index (χ1v) is 10.0. The fourth-order valence-corrected chi connectivity index (χ4v) is 3.96. The van der Waals surface area contributed by atoms with Crippen molar-refractivity contribution in [3.05, 3.63) is 95.1 Å². The third-order valence-corrected chi connectivity index (χ3v) is 5.47. The molecule has 4 aromatic rings. The van der Waals surface area contributed by atoms with Gasteiger partial charge in [-0.05, 0) is 53.9 Å². The van der Waals surface area contributed by atoms with E-state index in [0.717, 1.165) is 15.8 Å². The number of imide groups is 1. The van der Waals surface area contributed by atoms with Crippen molar-refractivity contribution < 1.29 is 14.4 Å². The Hall–Kier alpha value is -3.90. The van der Waals surface area contributed by atoms with Crippen LogP contribution in [0.5, 0.6) is 0 Å². The predicted molar refractivity (Wildman–Crippen MR) is 120 cm³/mol. The first kappa shape index (κ1) is 19.1. The number of hydrogen-bond donors (Lipinski definition) is 1. The number of aromatic nitrogens is 1. The molecule has 0 fully saturated rings. The molecule has 3 aromatic carbocycles. The van der Waals surface area contributed by atoms with E-state index in [1.807, 2.05) is 29.0 Å². The van der Waals surface area contributed by atoms with Gasteiger partial charge in [0.15, 0.2) is 0 Å². The summed E-state index contributed by atoms with van der Waals surface area (Å²) in [6, 6.07) is 20.8. The molecular formula is C24H16ClN3O3. The van der Waals surface area contributed by atoms with E-state index < -0.39 is 0 Å². The number of hydrogen-bond acceptors (Lipinski definition) is 3. The van der Waals surface area contributed by atoms with E-state index in [2.05, 4.69) is 5.32 Å². The fourth-order valence-electron chi connectivity index (χ4n) is 3.80. The maximum Gasteiger partial charge on any atom is 0.266 e. The topological polar surface area (TPSA) is 71.4 Å². The van der Waals surface area contributed by atoms with Crippen molar-refractivity contribution in [3.8, 4) is 0 Å². The van der Waals surface area contributed by atoms with Gasteiger partial charge in [-0.3, -0.25) is 14.4 Å². The minimum absolute atomic E-state index is 0.0983. The Labute approximate surface area is 182 Å². The number of halogens is 1. The van der Waals surface area contributed by atoms with Crippen LogP contribution in [0.3, 0.4) is 0 Å². The molecule has 1 aliphatic rings. The van der Waals surface area contributed by atoms with Crippen LogP contribution >= 0.6 is 11.6 Å². The van der Waals surface area contributed by atoms with Crippen molar-refractivity contribution in [2.24, 2.45) is 0 Å². The Morgan fingerprint density at radius 1 is 0.871 bits per heavy atom. The van der Waals surface area contributed by atoms with Gasteiger partial charge in [0, 0.05) is 22.4 Å². The van der Waals surface area contributed by atoms with Gasteiger partial charge in [-0.2, -0.15) is 0 Å². The van der Waals surface area contributed by atoms with E-state index in [-0.39, 0.29) is 24.3 Å². The van der Waals surface area contributed by atoms with E-state index in [0.29, 0.717) is 27.5 Å². The van der Waals surface area contributed by atoms with Crippen LogP contribution in [-0.2, 0) is 11.3 Å².